The van der Waals surface area contributed by atoms with Crippen LogP contribution in [0.4, 0.5) is 0 Å². The second-order valence-corrected chi connectivity index (χ2v) is 7.15. The summed E-state index contributed by atoms with van der Waals surface area (Å²) in [6, 6.07) is 0.0951. The molecule has 0 saturated heterocycles. The average molecular weight is 311 g/mol. The molecule has 6 heteroatoms. The molecule has 0 spiro atoms. The molecule has 0 amide bonds. The lowest BCUT2D eigenvalue weighted by Gasteiger charge is -2.18. The molecule has 1 atom stereocenters. The van der Waals surface area contributed by atoms with Crippen molar-refractivity contribution in [2.75, 3.05) is 20.6 Å². The Balaban J connectivity index is 2.56. The molecular formula is C14H21N3OS2. The number of thiophene rings is 1. The Bertz CT molecular complexity index is 739. The zero-order valence-corrected chi connectivity index (χ0v) is 14.2. The van der Waals surface area contributed by atoms with E-state index >= 15 is 0 Å². The van der Waals surface area contributed by atoms with Crippen LogP contribution in [0.15, 0.2) is 4.79 Å². The van der Waals surface area contributed by atoms with Crippen LogP contribution in [0.5, 0.6) is 0 Å². The molecule has 20 heavy (non-hydrogen) atoms. The van der Waals surface area contributed by atoms with Crippen molar-refractivity contribution in [3.8, 4) is 0 Å². The molecule has 0 aliphatic carbocycles. The van der Waals surface area contributed by atoms with Crippen molar-refractivity contribution in [1.29, 1.82) is 0 Å². The number of H-pyrrole nitrogens is 1. The maximum Gasteiger partial charge on any atom is 0.263 e. The summed E-state index contributed by atoms with van der Waals surface area (Å²) in [6.45, 7) is 7.02. The largest absolute Gasteiger partial charge is 0.323 e. The molecule has 0 aliphatic heterocycles. The first-order chi connectivity index (χ1) is 9.32. The van der Waals surface area contributed by atoms with E-state index in [1.807, 2.05) is 27.9 Å². The Morgan fingerprint density at radius 2 is 2.05 bits per heavy atom. The number of hydrogen-bond acceptors (Lipinski definition) is 4. The molecule has 110 valence electrons. The molecule has 4 nitrogen and oxygen atoms in total. The van der Waals surface area contributed by atoms with Crippen molar-refractivity contribution >= 4 is 33.8 Å². The zero-order chi connectivity index (χ0) is 15.0. The first-order valence-corrected chi connectivity index (χ1v) is 7.94. The van der Waals surface area contributed by atoms with Gasteiger partial charge in [-0.1, -0.05) is 0 Å². The Hall–Kier alpha value is -0.980. The van der Waals surface area contributed by atoms with Crippen LogP contribution in [-0.2, 0) is 0 Å². The van der Waals surface area contributed by atoms with Crippen molar-refractivity contribution in [2.24, 2.45) is 0 Å². The van der Waals surface area contributed by atoms with E-state index in [1.54, 1.807) is 15.9 Å². The third-order valence-corrected chi connectivity index (χ3v) is 5.11. The number of nitrogens with zero attached hydrogens (tertiary/aromatic N) is 2. The quantitative estimate of drug-likeness (QED) is 0.881. The highest BCUT2D eigenvalue weighted by molar-refractivity contribution is 7.71. The van der Waals surface area contributed by atoms with Crippen molar-refractivity contribution in [3.63, 3.8) is 0 Å². The van der Waals surface area contributed by atoms with E-state index in [2.05, 4.69) is 16.8 Å². The monoisotopic (exact) mass is 311 g/mol. The van der Waals surface area contributed by atoms with Crippen molar-refractivity contribution in [1.82, 2.24) is 14.5 Å². The summed E-state index contributed by atoms with van der Waals surface area (Å²) in [5.74, 6) is 0. The van der Waals surface area contributed by atoms with Gasteiger partial charge in [0.15, 0.2) is 4.77 Å². The molecule has 0 aromatic carbocycles. The Morgan fingerprint density at radius 3 is 2.65 bits per heavy atom. The fourth-order valence-corrected chi connectivity index (χ4v) is 3.80. The Kier molecular flexibility index (Phi) is 4.46. The van der Waals surface area contributed by atoms with Gasteiger partial charge in [-0.3, -0.25) is 9.36 Å². The number of rotatable bonds is 4. The lowest BCUT2D eigenvalue weighted by molar-refractivity contribution is 0.353. The molecular weight excluding hydrogens is 290 g/mol. The molecule has 2 heterocycles. The van der Waals surface area contributed by atoms with E-state index in [0.717, 1.165) is 28.7 Å². The fourth-order valence-electron chi connectivity index (χ4n) is 2.32. The first kappa shape index (κ1) is 15.4. The number of aryl methyl sites for hydroxylation is 2. The molecule has 0 fully saturated rings. The van der Waals surface area contributed by atoms with Gasteiger partial charge < -0.3 is 9.88 Å². The van der Waals surface area contributed by atoms with E-state index < -0.39 is 0 Å². The van der Waals surface area contributed by atoms with Crippen LogP contribution in [0.1, 0.15) is 29.8 Å². The van der Waals surface area contributed by atoms with Gasteiger partial charge >= 0.3 is 0 Å². The van der Waals surface area contributed by atoms with Crippen LogP contribution in [-0.4, -0.2) is 35.1 Å². The van der Waals surface area contributed by atoms with Crippen LogP contribution >= 0.6 is 23.6 Å². The van der Waals surface area contributed by atoms with Gasteiger partial charge in [-0.25, -0.2) is 0 Å². The third kappa shape index (κ3) is 2.73. The molecule has 2 aromatic heterocycles. The number of aromatic nitrogens is 2. The van der Waals surface area contributed by atoms with Crippen molar-refractivity contribution in [2.45, 2.75) is 33.2 Å². The van der Waals surface area contributed by atoms with Crippen LogP contribution < -0.4 is 5.56 Å². The summed E-state index contributed by atoms with van der Waals surface area (Å²) >= 11 is 6.98. The zero-order valence-electron chi connectivity index (χ0n) is 12.6. The highest BCUT2D eigenvalue weighted by Crippen LogP contribution is 2.26. The maximum atomic E-state index is 12.7. The van der Waals surface area contributed by atoms with Crippen LogP contribution in [0.2, 0.25) is 0 Å². The Morgan fingerprint density at radius 1 is 1.40 bits per heavy atom. The maximum absolute atomic E-state index is 12.7. The molecule has 0 radical (unpaired) electrons. The summed E-state index contributed by atoms with van der Waals surface area (Å²) in [4.78, 5) is 20.1. The smallest absolute Gasteiger partial charge is 0.263 e. The lowest BCUT2D eigenvalue weighted by Crippen LogP contribution is -2.27. The molecule has 2 aromatic rings. The SMILES string of the molecule is Cc1sc2[nH]c(=S)n(C(C)CCN(C)C)c(=O)c2c1C. The minimum absolute atomic E-state index is 0.0388. The van der Waals surface area contributed by atoms with E-state index in [4.69, 9.17) is 12.2 Å². The minimum Gasteiger partial charge on any atom is -0.323 e. The number of nitrogens with one attached hydrogen (secondary N) is 1. The van der Waals surface area contributed by atoms with Crippen molar-refractivity contribution in [3.05, 3.63) is 25.6 Å². The van der Waals surface area contributed by atoms with Gasteiger partial charge in [-0.15, -0.1) is 11.3 Å². The fraction of sp³-hybridized carbons (Fsp3) is 0.571. The second kappa shape index (κ2) is 5.79. The molecule has 1 N–H and O–H groups in total. The topological polar surface area (TPSA) is 41.0 Å². The van der Waals surface area contributed by atoms with Gasteiger partial charge in [0, 0.05) is 10.9 Å². The van der Waals surface area contributed by atoms with Crippen LogP contribution in [0, 0.1) is 18.6 Å². The normalized spacial score (nSPS) is 13.3. The minimum atomic E-state index is 0.0388. The predicted octanol–water partition coefficient (Wildman–Crippen LogP) is 3.25. The molecule has 0 saturated carbocycles. The second-order valence-electron chi connectivity index (χ2n) is 5.53. The van der Waals surface area contributed by atoms with Gasteiger partial charge in [-0.2, -0.15) is 0 Å². The van der Waals surface area contributed by atoms with Gasteiger partial charge in [-0.05, 0) is 65.6 Å². The van der Waals surface area contributed by atoms with Crippen LogP contribution in [0.3, 0.4) is 0 Å². The third-order valence-electron chi connectivity index (χ3n) is 3.69. The molecule has 0 aliphatic rings. The van der Waals surface area contributed by atoms with Crippen molar-refractivity contribution < 1.29 is 0 Å². The number of fused-ring (bicyclic) bond motifs is 1. The summed E-state index contributed by atoms with van der Waals surface area (Å²) in [5.41, 5.74) is 1.10. The summed E-state index contributed by atoms with van der Waals surface area (Å²) < 4.78 is 2.25. The van der Waals surface area contributed by atoms with Gasteiger partial charge in [0.1, 0.15) is 4.83 Å². The molecule has 2 rings (SSSR count). The van der Waals surface area contributed by atoms with E-state index in [-0.39, 0.29) is 11.6 Å². The van der Waals surface area contributed by atoms with E-state index in [1.165, 1.54) is 4.88 Å². The van der Waals surface area contributed by atoms with Crippen LogP contribution in [0.25, 0.3) is 10.2 Å². The van der Waals surface area contributed by atoms with E-state index in [9.17, 15) is 4.79 Å². The first-order valence-electron chi connectivity index (χ1n) is 6.72. The van der Waals surface area contributed by atoms with Gasteiger partial charge in [0.2, 0.25) is 0 Å². The lowest BCUT2D eigenvalue weighted by atomic mass is 10.2. The highest BCUT2D eigenvalue weighted by atomic mass is 32.1. The summed E-state index contributed by atoms with van der Waals surface area (Å²) in [6.07, 6.45) is 0.901. The highest BCUT2D eigenvalue weighted by Gasteiger charge is 2.16. The van der Waals surface area contributed by atoms with Gasteiger partial charge in [0.05, 0.1) is 5.39 Å². The van der Waals surface area contributed by atoms with Gasteiger partial charge in [0.25, 0.3) is 5.56 Å². The molecule has 1 unspecified atom stereocenters. The van der Waals surface area contributed by atoms with E-state index in [0.29, 0.717) is 4.77 Å². The Labute approximate surface area is 128 Å². The molecule has 0 bridgehead atoms. The number of hydrogen-bond donors (Lipinski definition) is 1. The predicted molar refractivity (Wildman–Crippen MR) is 88.6 cm³/mol. The number of aromatic amines is 1. The summed E-state index contributed by atoms with van der Waals surface area (Å²) in [7, 11) is 4.07. The standard InChI is InChI=1S/C14H21N3OS2/c1-8(6-7-16(4)5)17-13(18)11-9(2)10(3)20-12(11)15-14(17)19/h8H,6-7H2,1-5H3,(H,15,19). The average Bonchev–Trinajstić information content (AvgIpc) is 2.62. The summed E-state index contributed by atoms with van der Waals surface area (Å²) in [5, 5.41) is 0.790.